The second-order valence-electron chi connectivity index (χ2n) is 5.93. The van der Waals surface area contributed by atoms with Gasteiger partial charge >= 0.3 is 0 Å². The minimum atomic E-state index is 0.443. The number of anilines is 1. The quantitative estimate of drug-likeness (QED) is 0.925. The summed E-state index contributed by atoms with van der Waals surface area (Å²) in [5.41, 5.74) is 4.16. The molecule has 1 fully saturated rings. The Morgan fingerprint density at radius 1 is 1.00 bits per heavy atom. The van der Waals surface area contributed by atoms with E-state index in [0.717, 1.165) is 24.5 Å². The predicted molar refractivity (Wildman–Crippen MR) is 80.1 cm³/mol. The fourth-order valence-corrected chi connectivity index (χ4v) is 3.13. The smallest absolute Gasteiger partial charge is 0.134 e. The zero-order valence-corrected chi connectivity index (χ0v) is 11.8. The van der Waals surface area contributed by atoms with Crippen molar-refractivity contribution in [3.8, 4) is 0 Å². The number of benzene rings is 1. The van der Waals surface area contributed by atoms with Gasteiger partial charge in [-0.25, -0.2) is 9.97 Å². The van der Waals surface area contributed by atoms with Crippen LogP contribution in [0.2, 0.25) is 0 Å². The molecule has 0 aliphatic heterocycles. The van der Waals surface area contributed by atoms with Crippen molar-refractivity contribution in [1.82, 2.24) is 9.97 Å². The molecule has 102 valence electrons. The van der Waals surface area contributed by atoms with Gasteiger partial charge in [0, 0.05) is 30.6 Å². The Labute approximate surface area is 119 Å². The number of nitrogens with zero attached hydrogens (tertiary/aromatic N) is 2. The number of nitrogens with one attached hydrogen (secondary N) is 1. The first-order valence-electron chi connectivity index (χ1n) is 7.47. The summed E-state index contributed by atoms with van der Waals surface area (Å²) in [6, 6.07) is 10.8. The third-order valence-electron chi connectivity index (χ3n) is 4.43. The molecule has 0 unspecified atom stereocenters. The Morgan fingerprint density at radius 2 is 1.70 bits per heavy atom. The Hall–Kier alpha value is -1.90. The molecular formula is C17H19N3. The molecule has 0 spiro atoms. The van der Waals surface area contributed by atoms with E-state index in [9.17, 15) is 0 Å². The van der Waals surface area contributed by atoms with Crippen molar-refractivity contribution >= 4 is 5.82 Å². The average Bonchev–Trinajstić information content (AvgIpc) is 3.25. The first-order valence-corrected chi connectivity index (χ1v) is 7.47. The molecule has 2 aliphatic rings. The summed E-state index contributed by atoms with van der Waals surface area (Å²) in [5.74, 6) is 3.11. The number of rotatable bonds is 3. The molecular weight excluding hydrogens is 246 g/mol. The maximum absolute atomic E-state index is 4.86. The van der Waals surface area contributed by atoms with Gasteiger partial charge in [0.2, 0.25) is 0 Å². The van der Waals surface area contributed by atoms with E-state index < -0.39 is 0 Å². The molecule has 1 saturated carbocycles. The summed E-state index contributed by atoms with van der Waals surface area (Å²) in [6.45, 7) is 0. The lowest BCUT2D eigenvalue weighted by atomic mass is 10.1. The third-order valence-corrected chi connectivity index (χ3v) is 4.43. The molecule has 0 atom stereocenters. The normalized spacial score (nSPS) is 18.1. The van der Waals surface area contributed by atoms with Crippen molar-refractivity contribution in [2.75, 3.05) is 12.4 Å². The third kappa shape index (κ3) is 2.07. The predicted octanol–water partition coefficient (Wildman–Crippen LogP) is 3.28. The van der Waals surface area contributed by atoms with Crippen LogP contribution < -0.4 is 5.32 Å². The molecule has 2 aliphatic carbocycles. The summed E-state index contributed by atoms with van der Waals surface area (Å²) in [5, 5.41) is 3.18. The zero-order valence-electron chi connectivity index (χ0n) is 11.8. The Balaban J connectivity index is 1.67. The molecule has 1 N–H and O–H groups in total. The van der Waals surface area contributed by atoms with Gasteiger partial charge in [-0.15, -0.1) is 0 Å². The first-order chi connectivity index (χ1) is 9.83. The highest BCUT2D eigenvalue weighted by atomic mass is 15.0. The maximum atomic E-state index is 4.86. The van der Waals surface area contributed by atoms with E-state index in [4.69, 9.17) is 9.97 Å². The van der Waals surface area contributed by atoms with Crippen molar-refractivity contribution in [2.45, 2.75) is 37.5 Å². The van der Waals surface area contributed by atoms with Crippen LogP contribution in [0.1, 0.15) is 47.3 Å². The largest absolute Gasteiger partial charge is 0.373 e. The SMILES string of the molecule is CNc1cc(C2CC2)nc(C2Cc3ccccc3C2)n1. The summed E-state index contributed by atoms with van der Waals surface area (Å²) in [7, 11) is 1.94. The van der Waals surface area contributed by atoms with Gasteiger partial charge in [-0.05, 0) is 36.8 Å². The van der Waals surface area contributed by atoms with Crippen molar-refractivity contribution in [2.24, 2.45) is 0 Å². The van der Waals surface area contributed by atoms with Gasteiger partial charge in [0.1, 0.15) is 11.6 Å². The molecule has 1 aromatic heterocycles. The number of fused-ring (bicyclic) bond motifs is 1. The average molecular weight is 265 g/mol. The molecule has 20 heavy (non-hydrogen) atoms. The van der Waals surface area contributed by atoms with Gasteiger partial charge in [0.05, 0.1) is 0 Å². The Morgan fingerprint density at radius 3 is 2.30 bits per heavy atom. The lowest BCUT2D eigenvalue weighted by Gasteiger charge is -2.11. The highest BCUT2D eigenvalue weighted by Gasteiger charge is 2.29. The van der Waals surface area contributed by atoms with Gasteiger partial charge in [-0.2, -0.15) is 0 Å². The molecule has 1 heterocycles. The van der Waals surface area contributed by atoms with Crippen LogP contribution in [-0.2, 0) is 12.8 Å². The summed E-state index contributed by atoms with van der Waals surface area (Å²) in [4.78, 5) is 9.56. The van der Waals surface area contributed by atoms with Crippen molar-refractivity contribution in [3.63, 3.8) is 0 Å². The van der Waals surface area contributed by atoms with Gasteiger partial charge in [0.15, 0.2) is 0 Å². The summed E-state index contributed by atoms with van der Waals surface area (Å²) < 4.78 is 0. The maximum Gasteiger partial charge on any atom is 0.134 e. The molecule has 0 radical (unpaired) electrons. The van der Waals surface area contributed by atoms with Gasteiger partial charge in [0.25, 0.3) is 0 Å². The molecule has 0 saturated heterocycles. The molecule has 2 aromatic rings. The van der Waals surface area contributed by atoms with Crippen molar-refractivity contribution in [1.29, 1.82) is 0 Å². The van der Waals surface area contributed by atoms with E-state index in [1.54, 1.807) is 0 Å². The molecule has 3 nitrogen and oxygen atoms in total. The topological polar surface area (TPSA) is 37.8 Å². The molecule has 1 aromatic carbocycles. The highest BCUT2D eigenvalue weighted by Crippen LogP contribution is 2.40. The van der Waals surface area contributed by atoms with E-state index in [1.807, 2.05) is 7.05 Å². The zero-order chi connectivity index (χ0) is 13.5. The number of hydrogen-bond acceptors (Lipinski definition) is 3. The van der Waals surface area contributed by atoms with Crippen LogP contribution in [0.25, 0.3) is 0 Å². The minimum Gasteiger partial charge on any atom is -0.373 e. The van der Waals surface area contributed by atoms with E-state index in [1.165, 1.54) is 29.7 Å². The van der Waals surface area contributed by atoms with Crippen LogP contribution in [0.3, 0.4) is 0 Å². The van der Waals surface area contributed by atoms with Crippen molar-refractivity contribution in [3.05, 3.63) is 53.0 Å². The van der Waals surface area contributed by atoms with Crippen LogP contribution in [0.15, 0.2) is 30.3 Å². The van der Waals surface area contributed by atoms with Crippen LogP contribution in [-0.4, -0.2) is 17.0 Å². The van der Waals surface area contributed by atoms with E-state index in [-0.39, 0.29) is 0 Å². The monoisotopic (exact) mass is 265 g/mol. The summed E-state index contributed by atoms with van der Waals surface area (Å²) >= 11 is 0. The highest BCUT2D eigenvalue weighted by molar-refractivity contribution is 5.40. The summed E-state index contributed by atoms with van der Waals surface area (Å²) in [6.07, 6.45) is 4.72. The second kappa shape index (κ2) is 4.58. The number of aromatic nitrogens is 2. The lowest BCUT2D eigenvalue weighted by Crippen LogP contribution is -2.08. The Kier molecular flexibility index (Phi) is 2.72. The number of hydrogen-bond donors (Lipinski definition) is 1. The molecule has 3 heteroatoms. The molecule has 0 bridgehead atoms. The fraction of sp³-hybridized carbons (Fsp3) is 0.412. The molecule has 4 rings (SSSR count). The van der Waals surface area contributed by atoms with E-state index in [0.29, 0.717) is 11.8 Å². The van der Waals surface area contributed by atoms with E-state index in [2.05, 4.69) is 35.6 Å². The standard InChI is InChI=1S/C17H19N3/c1-18-16-10-15(11-6-7-11)19-17(20-16)14-8-12-4-2-3-5-13(12)9-14/h2-5,10-11,14H,6-9H2,1H3,(H,18,19,20). The van der Waals surface area contributed by atoms with Crippen LogP contribution in [0.4, 0.5) is 5.82 Å². The second-order valence-corrected chi connectivity index (χ2v) is 5.93. The first kappa shape index (κ1) is 11.9. The van der Waals surface area contributed by atoms with Crippen molar-refractivity contribution < 1.29 is 0 Å². The fourth-order valence-electron chi connectivity index (χ4n) is 3.13. The van der Waals surface area contributed by atoms with Crippen LogP contribution in [0.5, 0.6) is 0 Å². The lowest BCUT2D eigenvalue weighted by molar-refractivity contribution is 0.675. The Bertz CT molecular complexity index is 621. The van der Waals surface area contributed by atoms with Gasteiger partial charge in [-0.1, -0.05) is 24.3 Å². The minimum absolute atomic E-state index is 0.443. The van der Waals surface area contributed by atoms with Crippen LogP contribution >= 0.6 is 0 Å². The van der Waals surface area contributed by atoms with E-state index >= 15 is 0 Å². The molecule has 0 amide bonds. The van der Waals surface area contributed by atoms with Gasteiger partial charge < -0.3 is 5.32 Å². The van der Waals surface area contributed by atoms with Crippen LogP contribution in [0, 0.1) is 0 Å². The van der Waals surface area contributed by atoms with Gasteiger partial charge in [-0.3, -0.25) is 0 Å².